The van der Waals surface area contributed by atoms with Gasteiger partial charge in [-0.2, -0.15) is 0 Å². The van der Waals surface area contributed by atoms with E-state index in [1.807, 2.05) is 0 Å². The molecule has 0 fully saturated rings. The summed E-state index contributed by atoms with van der Waals surface area (Å²) in [5.74, 6) is -0.670. The van der Waals surface area contributed by atoms with E-state index in [2.05, 4.69) is 6.92 Å². The second kappa shape index (κ2) is 17.8. The van der Waals surface area contributed by atoms with Crippen LogP contribution in [0.25, 0.3) is 0 Å². The Morgan fingerprint density at radius 2 is 1.54 bits per heavy atom. The molecule has 0 aliphatic carbocycles. The van der Waals surface area contributed by atoms with Gasteiger partial charge in [0.25, 0.3) is 0 Å². The summed E-state index contributed by atoms with van der Waals surface area (Å²) in [4.78, 5) is 10.0. The zero-order valence-electron chi connectivity index (χ0n) is 7.91. The Kier molecular flexibility index (Phi) is 31.6. The minimum atomic E-state index is -0.670. The van der Waals surface area contributed by atoms with Crippen molar-refractivity contribution in [3.63, 3.8) is 0 Å². The molecule has 0 bridgehead atoms. The molecule has 0 aromatic rings. The summed E-state index contributed by atoms with van der Waals surface area (Å²) in [6, 6.07) is 0. The summed E-state index contributed by atoms with van der Waals surface area (Å²) in [5, 5.41) is 8.27. The van der Waals surface area contributed by atoms with Crippen LogP contribution >= 0.6 is 0 Å². The summed E-state index contributed by atoms with van der Waals surface area (Å²) in [5.41, 5.74) is 0. The first-order valence-electron chi connectivity index (χ1n) is 3.99. The molecule has 0 aromatic heterocycles. The second-order valence-electron chi connectivity index (χ2n) is 2.56. The van der Waals surface area contributed by atoms with Gasteiger partial charge in [-0.25, -0.2) is 0 Å². The molecule has 5 heteroatoms. The van der Waals surface area contributed by atoms with Crippen LogP contribution in [0.5, 0.6) is 0 Å². The normalized spacial score (nSPS) is 7.46. The molecule has 5 N–H and O–H groups in total. The van der Waals surface area contributed by atoms with E-state index in [1.54, 1.807) is 0 Å². The monoisotopic (exact) mass is 238 g/mol. The first kappa shape index (κ1) is 23.1. The third kappa shape index (κ3) is 24.5. The number of hydrogen-bond donors (Lipinski definition) is 1. The summed E-state index contributed by atoms with van der Waals surface area (Å²) >= 11 is 0. The largest absolute Gasteiger partial charge is 0.481 e. The molecule has 0 atom stereocenters. The van der Waals surface area contributed by atoms with Crippen molar-refractivity contribution in [2.75, 3.05) is 0 Å². The molecule has 0 spiro atoms. The standard InChI is InChI=1S/C8H16O2.Ni.2H2O/c1-2-3-4-5-6-7-8(9)10;;;/h2-7H2,1H3,(H,9,10);;2*1H2. The number of unbranched alkanes of at least 4 members (excludes halogenated alkanes) is 4. The van der Waals surface area contributed by atoms with Gasteiger partial charge in [0.15, 0.2) is 0 Å². The smallest absolute Gasteiger partial charge is 0.303 e. The van der Waals surface area contributed by atoms with Crippen LogP contribution in [0.4, 0.5) is 0 Å². The van der Waals surface area contributed by atoms with Gasteiger partial charge in [0.1, 0.15) is 0 Å². The predicted octanol–water partition coefficient (Wildman–Crippen LogP) is 0.780. The molecule has 86 valence electrons. The Morgan fingerprint density at radius 1 is 1.08 bits per heavy atom. The van der Waals surface area contributed by atoms with Crippen LogP contribution in [0.1, 0.15) is 45.4 Å². The third-order valence-electron chi connectivity index (χ3n) is 1.49. The number of carbonyl (C=O) groups is 1. The fourth-order valence-electron chi connectivity index (χ4n) is 0.880. The van der Waals surface area contributed by atoms with E-state index in [0.29, 0.717) is 6.42 Å². The third-order valence-corrected chi connectivity index (χ3v) is 1.49. The van der Waals surface area contributed by atoms with Crippen LogP contribution in [-0.4, -0.2) is 22.0 Å². The predicted molar refractivity (Wildman–Crippen MR) is 48.2 cm³/mol. The molecule has 0 aromatic carbocycles. The Bertz CT molecular complexity index is 98.1. The van der Waals surface area contributed by atoms with Crippen LogP contribution < -0.4 is 0 Å². The fourth-order valence-corrected chi connectivity index (χ4v) is 0.880. The Morgan fingerprint density at radius 3 is 1.92 bits per heavy atom. The van der Waals surface area contributed by atoms with Gasteiger partial charge in [0, 0.05) is 22.9 Å². The minimum absolute atomic E-state index is 0. The molecule has 0 radical (unpaired) electrons. The minimum Gasteiger partial charge on any atom is -0.481 e. The molecule has 13 heavy (non-hydrogen) atoms. The van der Waals surface area contributed by atoms with Crippen molar-refractivity contribution >= 4 is 5.97 Å². The Balaban J connectivity index is -0.000000135. The summed E-state index contributed by atoms with van der Waals surface area (Å²) in [6.45, 7) is 2.15. The first-order chi connectivity index (χ1) is 4.77. The van der Waals surface area contributed by atoms with E-state index in [0.717, 1.165) is 12.8 Å². The number of carboxylic acids is 1. The molecular weight excluding hydrogens is 219 g/mol. The number of aliphatic carboxylic acids is 1. The molecule has 0 saturated carbocycles. The zero-order valence-corrected chi connectivity index (χ0v) is 8.90. The van der Waals surface area contributed by atoms with Gasteiger partial charge in [-0.05, 0) is 6.42 Å². The second-order valence-corrected chi connectivity index (χ2v) is 2.56. The van der Waals surface area contributed by atoms with Gasteiger partial charge in [-0.3, -0.25) is 4.79 Å². The van der Waals surface area contributed by atoms with Crippen LogP contribution in [0, 0.1) is 0 Å². The van der Waals surface area contributed by atoms with Gasteiger partial charge >= 0.3 is 5.97 Å². The first-order valence-corrected chi connectivity index (χ1v) is 3.99. The summed E-state index contributed by atoms with van der Waals surface area (Å²) < 4.78 is 0. The van der Waals surface area contributed by atoms with Crippen molar-refractivity contribution in [3.8, 4) is 0 Å². The van der Waals surface area contributed by atoms with Gasteiger partial charge in [-0.1, -0.05) is 32.6 Å². The maximum Gasteiger partial charge on any atom is 0.303 e. The van der Waals surface area contributed by atoms with E-state index >= 15 is 0 Å². The van der Waals surface area contributed by atoms with Crippen molar-refractivity contribution in [1.29, 1.82) is 0 Å². The fraction of sp³-hybridized carbons (Fsp3) is 0.875. The average Bonchev–Trinajstić information content (AvgIpc) is 1.87. The number of carboxylic acid groups (broad SMARTS) is 1. The van der Waals surface area contributed by atoms with E-state index in [1.165, 1.54) is 19.3 Å². The Labute approximate surface area is 89.3 Å². The van der Waals surface area contributed by atoms with Gasteiger partial charge in [0.2, 0.25) is 0 Å². The molecule has 0 aliphatic rings. The molecule has 0 unspecified atom stereocenters. The number of hydrogen-bond acceptors (Lipinski definition) is 1. The Hall–Kier alpha value is -0.116. The van der Waals surface area contributed by atoms with Gasteiger partial charge in [0.05, 0.1) is 0 Å². The van der Waals surface area contributed by atoms with Crippen LogP contribution in [0.2, 0.25) is 0 Å². The van der Waals surface area contributed by atoms with Crippen molar-refractivity contribution < 1.29 is 37.3 Å². The van der Waals surface area contributed by atoms with E-state index < -0.39 is 5.97 Å². The van der Waals surface area contributed by atoms with E-state index in [4.69, 9.17) is 5.11 Å². The molecule has 4 nitrogen and oxygen atoms in total. The van der Waals surface area contributed by atoms with Crippen LogP contribution in [-0.2, 0) is 21.3 Å². The average molecular weight is 239 g/mol. The van der Waals surface area contributed by atoms with Crippen molar-refractivity contribution in [2.24, 2.45) is 0 Å². The SMILES string of the molecule is CCCCCCCC(=O)O.O.O.[Ni]. The topological polar surface area (TPSA) is 100 Å². The summed E-state index contributed by atoms with van der Waals surface area (Å²) in [7, 11) is 0. The summed E-state index contributed by atoms with van der Waals surface area (Å²) in [6.07, 6.45) is 5.88. The molecule has 0 rings (SSSR count). The van der Waals surface area contributed by atoms with E-state index in [-0.39, 0.29) is 27.4 Å². The van der Waals surface area contributed by atoms with Gasteiger partial charge in [-0.15, -0.1) is 0 Å². The van der Waals surface area contributed by atoms with Crippen molar-refractivity contribution in [3.05, 3.63) is 0 Å². The molecular formula is C8H20NiO4. The molecule has 0 aliphatic heterocycles. The van der Waals surface area contributed by atoms with Gasteiger partial charge < -0.3 is 16.1 Å². The van der Waals surface area contributed by atoms with Crippen LogP contribution in [0.3, 0.4) is 0 Å². The maximum absolute atomic E-state index is 10.0. The maximum atomic E-state index is 10.0. The quantitative estimate of drug-likeness (QED) is 0.546. The zero-order chi connectivity index (χ0) is 7.82. The van der Waals surface area contributed by atoms with Crippen molar-refractivity contribution in [2.45, 2.75) is 45.4 Å². The van der Waals surface area contributed by atoms with E-state index in [9.17, 15) is 4.79 Å². The number of rotatable bonds is 6. The molecule has 0 heterocycles. The molecule has 0 amide bonds. The van der Waals surface area contributed by atoms with Crippen molar-refractivity contribution in [1.82, 2.24) is 0 Å². The molecule has 0 saturated heterocycles. The van der Waals surface area contributed by atoms with Crippen LogP contribution in [0.15, 0.2) is 0 Å².